The zero-order valence-corrected chi connectivity index (χ0v) is 19.7. The van der Waals surface area contributed by atoms with Gasteiger partial charge in [0.1, 0.15) is 4.88 Å². The summed E-state index contributed by atoms with van der Waals surface area (Å²) in [4.78, 5) is 27.9. The van der Waals surface area contributed by atoms with E-state index in [4.69, 9.17) is 23.8 Å². The topological polar surface area (TPSA) is 78.7 Å². The maximum Gasteiger partial charge on any atom is 0.270 e. The van der Waals surface area contributed by atoms with Gasteiger partial charge in [0, 0.05) is 54.9 Å². The van der Waals surface area contributed by atoms with E-state index in [1.165, 1.54) is 29.0 Å². The number of carbonyl (C=O) groups excluding carboxylic acids is 1. The lowest BCUT2D eigenvalue weighted by molar-refractivity contribution is -0.384. The molecule has 0 radical (unpaired) electrons. The molecule has 3 aromatic rings. The minimum Gasteiger partial charge on any atom is -0.358 e. The third kappa shape index (κ3) is 4.69. The molecule has 0 atom stereocenters. The Hall–Kier alpha value is -2.75. The largest absolute Gasteiger partial charge is 0.358 e. The molecule has 2 heterocycles. The van der Waals surface area contributed by atoms with Gasteiger partial charge in [0.05, 0.1) is 9.95 Å². The monoisotopic (exact) mass is 488 g/mol. The Balaban J connectivity index is 1.37. The van der Waals surface area contributed by atoms with Crippen molar-refractivity contribution in [1.82, 2.24) is 15.1 Å². The summed E-state index contributed by atoms with van der Waals surface area (Å²) in [6, 6.07) is 12.7. The van der Waals surface area contributed by atoms with E-state index in [0.717, 1.165) is 5.56 Å². The van der Waals surface area contributed by atoms with Crippen LogP contribution in [-0.2, 0) is 6.54 Å². The fourth-order valence-electron chi connectivity index (χ4n) is 3.56. The number of amides is 1. The number of nitro groups is 1. The Morgan fingerprint density at radius 1 is 1.16 bits per heavy atom. The van der Waals surface area contributed by atoms with Crippen molar-refractivity contribution in [2.24, 2.45) is 0 Å². The number of thiophene rings is 1. The number of fused-ring (bicyclic) bond motifs is 1. The van der Waals surface area contributed by atoms with E-state index in [1.807, 2.05) is 0 Å². The lowest BCUT2D eigenvalue weighted by Crippen LogP contribution is -2.52. The molecule has 166 valence electrons. The molecule has 4 rings (SSSR count). The zero-order chi connectivity index (χ0) is 22.8. The zero-order valence-electron chi connectivity index (χ0n) is 17.3. The van der Waals surface area contributed by atoms with Gasteiger partial charge in [-0.05, 0) is 30.8 Å². The molecule has 0 saturated carbocycles. The fourth-order valence-corrected chi connectivity index (χ4v) is 5.32. The summed E-state index contributed by atoms with van der Waals surface area (Å²) in [6.45, 7) is 5.00. The van der Waals surface area contributed by atoms with Crippen molar-refractivity contribution < 1.29 is 9.72 Å². The Bertz CT molecular complexity index is 1190. The molecule has 2 aromatic carbocycles. The number of aryl methyl sites for hydroxylation is 1. The molecular formula is C22H21ClN4O3S2. The Labute approximate surface area is 199 Å². The first kappa shape index (κ1) is 22.4. The van der Waals surface area contributed by atoms with Gasteiger partial charge in [0.15, 0.2) is 5.11 Å². The van der Waals surface area contributed by atoms with E-state index in [0.29, 0.717) is 57.8 Å². The van der Waals surface area contributed by atoms with Crippen LogP contribution in [0.15, 0.2) is 42.5 Å². The minimum atomic E-state index is -0.455. The van der Waals surface area contributed by atoms with Gasteiger partial charge in [-0.3, -0.25) is 14.9 Å². The van der Waals surface area contributed by atoms with Crippen LogP contribution < -0.4 is 5.32 Å². The van der Waals surface area contributed by atoms with Crippen LogP contribution in [0.1, 0.15) is 20.8 Å². The molecule has 0 bridgehead atoms. The minimum absolute atomic E-state index is 0.0188. The highest BCUT2D eigenvalue weighted by Gasteiger charge is 2.27. The van der Waals surface area contributed by atoms with Crippen molar-refractivity contribution in [3.05, 3.63) is 73.6 Å². The van der Waals surface area contributed by atoms with Crippen LogP contribution in [0.25, 0.3) is 10.1 Å². The second-order valence-corrected chi connectivity index (χ2v) is 9.42. The lowest BCUT2D eigenvalue weighted by Gasteiger charge is -2.36. The highest BCUT2D eigenvalue weighted by molar-refractivity contribution is 7.80. The van der Waals surface area contributed by atoms with Crippen molar-refractivity contribution in [2.75, 3.05) is 26.2 Å². The summed E-state index contributed by atoms with van der Waals surface area (Å²) in [5.41, 5.74) is 2.36. The molecular weight excluding hydrogens is 468 g/mol. The van der Waals surface area contributed by atoms with Crippen molar-refractivity contribution in [1.29, 1.82) is 0 Å². The van der Waals surface area contributed by atoms with Crippen LogP contribution in [-0.4, -0.2) is 51.9 Å². The second-order valence-electron chi connectivity index (χ2n) is 7.61. The van der Waals surface area contributed by atoms with Crippen molar-refractivity contribution in [3.63, 3.8) is 0 Å². The number of hydrogen-bond donors (Lipinski definition) is 1. The summed E-state index contributed by atoms with van der Waals surface area (Å²) < 4.78 is 0.632. The molecule has 32 heavy (non-hydrogen) atoms. The predicted molar refractivity (Wildman–Crippen MR) is 132 cm³/mol. The number of non-ortho nitro benzene ring substituents is 1. The summed E-state index contributed by atoms with van der Waals surface area (Å²) in [5, 5.41) is 16.0. The highest BCUT2D eigenvalue weighted by Crippen LogP contribution is 2.38. The van der Waals surface area contributed by atoms with Gasteiger partial charge < -0.3 is 15.1 Å². The van der Waals surface area contributed by atoms with Gasteiger partial charge in [-0.1, -0.05) is 41.4 Å². The van der Waals surface area contributed by atoms with E-state index >= 15 is 0 Å². The first-order chi connectivity index (χ1) is 15.3. The Morgan fingerprint density at radius 3 is 2.47 bits per heavy atom. The molecule has 1 N–H and O–H groups in total. The number of rotatable bonds is 4. The number of carbonyl (C=O) groups is 1. The van der Waals surface area contributed by atoms with Crippen molar-refractivity contribution in [3.8, 4) is 0 Å². The molecule has 0 aliphatic carbocycles. The van der Waals surface area contributed by atoms with Gasteiger partial charge in [0.2, 0.25) is 0 Å². The van der Waals surface area contributed by atoms with E-state index in [1.54, 1.807) is 11.0 Å². The van der Waals surface area contributed by atoms with Crippen LogP contribution in [0.5, 0.6) is 0 Å². The first-order valence-electron chi connectivity index (χ1n) is 10.1. The van der Waals surface area contributed by atoms with Gasteiger partial charge in [-0.15, -0.1) is 11.3 Å². The number of thiocarbonyl (C=S) groups is 1. The quantitative estimate of drug-likeness (QED) is 0.328. The molecule has 0 spiro atoms. The van der Waals surface area contributed by atoms with E-state index in [2.05, 4.69) is 41.4 Å². The van der Waals surface area contributed by atoms with Crippen LogP contribution in [0.3, 0.4) is 0 Å². The summed E-state index contributed by atoms with van der Waals surface area (Å²) in [6.07, 6.45) is 0. The maximum atomic E-state index is 13.1. The molecule has 10 heteroatoms. The van der Waals surface area contributed by atoms with Gasteiger partial charge in [0.25, 0.3) is 11.6 Å². The molecule has 1 aliphatic heterocycles. The molecule has 0 unspecified atom stereocenters. The van der Waals surface area contributed by atoms with Crippen LogP contribution in [0, 0.1) is 17.0 Å². The molecule has 1 aromatic heterocycles. The van der Waals surface area contributed by atoms with E-state index in [9.17, 15) is 14.9 Å². The van der Waals surface area contributed by atoms with Crippen molar-refractivity contribution in [2.45, 2.75) is 13.5 Å². The summed E-state index contributed by atoms with van der Waals surface area (Å²) in [7, 11) is 0. The highest BCUT2D eigenvalue weighted by atomic mass is 35.5. The fraction of sp³-hybridized carbons (Fsp3) is 0.273. The lowest BCUT2D eigenvalue weighted by atomic mass is 10.1. The number of nitrogens with zero attached hydrogens (tertiary/aromatic N) is 3. The Kier molecular flexibility index (Phi) is 6.59. The summed E-state index contributed by atoms with van der Waals surface area (Å²) in [5.74, 6) is -0.156. The van der Waals surface area contributed by atoms with E-state index < -0.39 is 4.92 Å². The third-order valence-corrected chi connectivity index (χ3v) is 7.48. The molecule has 1 amide bonds. The average molecular weight is 489 g/mol. The number of halogens is 1. The molecule has 1 aliphatic rings. The number of hydrogen-bond acceptors (Lipinski definition) is 5. The number of nitrogens with one attached hydrogen (secondary N) is 1. The van der Waals surface area contributed by atoms with Crippen molar-refractivity contribution >= 4 is 61.9 Å². The van der Waals surface area contributed by atoms with Crippen LogP contribution >= 0.6 is 35.2 Å². The number of nitro benzene ring substituents is 1. The molecule has 1 fully saturated rings. The predicted octanol–water partition coefficient (Wildman–Crippen LogP) is 4.60. The molecule has 1 saturated heterocycles. The van der Waals surface area contributed by atoms with Crippen LogP contribution in [0.2, 0.25) is 5.02 Å². The molecule has 7 nitrogen and oxygen atoms in total. The van der Waals surface area contributed by atoms with Gasteiger partial charge in [-0.2, -0.15) is 0 Å². The third-order valence-electron chi connectivity index (χ3n) is 5.44. The SMILES string of the molecule is Cc1ccc(CNC(=S)N2CCN(C(=O)c3sc4cc([N+](=O)[O-])ccc4c3Cl)CC2)cc1. The van der Waals surface area contributed by atoms with Gasteiger partial charge >= 0.3 is 0 Å². The van der Waals surface area contributed by atoms with E-state index in [-0.39, 0.29) is 11.6 Å². The normalized spacial score (nSPS) is 13.9. The maximum absolute atomic E-state index is 13.1. The first-order valence-corrected chi connectivity index (χ1v) is 11.7. The summed E-state index contributed by atoms with van der Waals surface area (Å²) >= 11 is 13.2. The number of piperazine rings is 1. The second kappa shape index (κ2) is 9.40. The van der Waals surface area contributed by atoms with Crippen LogP contribution in [0.4, 0.5) is 5.69 Å². The Morgan fingerprint density at radius 2 is 1.81 bits per heavy atom. The average Bonchev–Trinajstić information content (AvgIpc) is 3.14. The smallest absolute Gasteiger partial charge is 0.270 e. The standard InChI is InChI=1S/C22H21ClN4O3S2/c1-14-2-4-15(5-3-14)13-24-22(31)26-10-8-25(9-11-26)21(28)20-19(23)17-7-6-16(27(29)30)12-18(17)32-20/h2-7,12H,8-11,13H2,1H3,(H,24,31). The number of benzene rings is 2. The van der Waals surface area contributed by atoms with Gasteiger partial charge in [-0.25, -0.2) is 0 Å².